The molecular weight excluding hydrogens is 296 g/mol. The van der Waals surface area contributed by atoms with Crippen LogP contribution in [0.15, 0.2) is 48.5 Å². The molecular formula is C18H16O5. The summed E-state index contributed by atoms with van der Waals surface area (Å²) in [5.74, 6) is 0.403. The summed E-state index contributed by atoms with van der Waals surface area (Å²) in [6.07, 6.45) is 0.318. The molecule has 0 saturated carbocycles. The Bertz CT molecular complexity index is 720. The Labute approximate surface area is 133 Å². The zero-order valence-electron chi connectivity index (χ0n) is 12.7. The second kappa shape index (κ2) is 6.52. The molecule has 3 rings (SSSR count). The topological polar surface area (TPSA) is 61.8 Å². The van der Waals surface area contributed by atoms with Crippen LogP contribution in [0.3, 0.4) is 0 Å². The molecule has 1 atom stereocenters. The van der Waals surface area contributed by atoms with Gasteiger partial charge in [-0.1, -0.05) is 18.2 Å². The van der Waals surface area contributed by atoms with E-state index in [1.165, 1.54) is 6.92 Å². The molecule has 0 aromatic heterocycles. The number of hydrogen-bond acceptors (Lipinski definition) is 5. The maximum Gasteiger partial charge on any atom is 0.338 e. The van der Waals surface area contributed by atoms with Gasteiger partial charge in [0, 0.05) is 13.3 Å². The van der Waals surface area contributed by atoms with Crippen molar-refractivity contribution in [3.8, 4) is 11.5 Å². The molecule has 0 radical (unpaired) electrons. The number of ether oxygens (including phenoxy) is 3. The van der Waals surface area contributed by atoms with Gasteiger partial charge in [0.25, 0.3) is 0 Å². The Kier molecular flexibility index (Phi) is 4.28. The van der Waals surface area contributed by atoms with E-state index in [2.05, 4.69) is 0 Å². The van der Waals surface area contributed by atoms with E-state index in [9.17, 15) is 9.59 Å². The van der Waals surface area contributed by atoms with Crippen molar-refractivity contribution in [1.29, 1.82) is 0 Å². The fourth-order valence-electron chi connectivity index (χ4n) is 2.42. The third-order valence-corrected chi connectivity index (χ3v) is 3.47. The smallest absolute Gasteiger partial charge is 0.338 e. The lowest BCUT2D eigenvalue weighted by Crippen LogP contribution is -2.31. The van der Waals surface area contributed by atoms with Crippen molar-refractivity contribution in [3.63, 3.8) is 0 Å². The van der Waals surface area contributed by atoms with Gasteiger partial charge in [0.2, 0.25) is 0 Å². The number of fused-ring (bicyclic) bond motifs is 1. The SMILES string of the molecule is CC(=O)Oc1ccc(C(=O)OC2COc3ccccc3C2)cc1. The van der Waals surface area contributed by atoms with Crippen molar-refractivity contribution < 1.29 is 23.8 Å². The molecule has 2 aromatic rings. The van der Waals surface area contributed by atoms with Gasteiger partial charge in [0.15, 0.2) is 0 Å². The minimum atomic E-state index is -0.424. The standard InChI is InChI=1S/C18H16O5/c1-12(19)22-15-8-6-13(7-9-15)18(20)23-16-10-14-4-2-3-5-17(14)21-11-16/h2-9,16H,10-11H2,1H3. The third kappa shape index (κ3) is 3.69. The maximum absolute atomic E-state index is 12.2. The predicted octanol–water partition coefficient (Wildman–Crippen LogP) is 2.77. The molecule has 5 heteroatoms. The van der Waals surface area contributed by atoms with Gasteiger partial charge < -0.3 is 14.2 Å². The van der Waals surface area contributed by atoms with Gasteiger partial charge in [-0.15, -0.1) is 0 Å². The van der Waals surface area contributed by atoms with E-state index in [0.29, 0.717) is 24.3 Å². The highest BCUT2D eigenvalue weighted by atomic mass is 16.6. The second-order valence-electron chi connectivity index (χ2n) is 5.27. The zero-order chi connectivity index (χ0) is 16.2. The number of rotatable bonds is 3. The molecule has 0 aliphatic carbocycles. The number of benzene rings is 2. The van der Waals surface area contributed by atoms with Gasteiger partial charge in [0.05, 0.1) is 5.56 Å². The lowest BCUT2D eigenvalue weighted by Gasteiger charge is -2.25. The van der Waals surface area contributed by atoms with E-state index >= 15 is 0 Å². The second-order valence-corrected chi connectivity index (χ2v) is 5.27. The van der Waals surface area contributed by atoms with E-state index in [1.807, 2.05) is 24.3 Å². The lowest BCUT2D eigenvalue weighted by molar-refractivity contribution is -0.131. The van der Waals surface area contributed by atoms with Crippen LogP contribution in [0, 0.1) is 0 Å². The summed E-state index contributed by atoms with van der Waals surface area (Å²) in [6.45, 7) is 1.66. The molecule has 0 fully saturated rings. The molecule has 0 amide bonds. The number of carbonyl (C=O) groups is 2. The normalized spacial score (nSPS) is 16.0. The van der Waals surface area contributed by atoms with E-state index in [0.717, 1.165) is 11.3 Å². The highest BCUT2D eigenvalue weighted by Crippen LogP contribution is 2.25. The van der Waals surface area contributed by atoms with Crippen molar-refractivity contribution in [3.05, 3.63) is 59.7 Å². The Morgan fingerprint density at radius 2 is 1.83 bits per heavy atom. The van der Waals surface area contributed by atoms with E-state index in [-0.39, 0.29) is 6.10 Å². The molecule has 118 valence electrons. The van der Waals surface area contributed by atoms with Gasteiger partial charge in [0.1, 0.15) is 24.2 Å². The van der Waals surface area contributed by atoms with Gasteiger partial charge in [-0.2, -0.15) is 0 Å². The quantitative estimate of drug-likeness (QED) is 0.644. The van der Waals surface area contributed by atoms with Gasteiger partial charge in [-0.25, -0.2) is 4.79 Å². The van der Waals surface area contributed by atoms with Crippen LogP contribution in [-0.2, 0) is 16.0 Å². The highest BCUT2D eigenvalue weighted by molar-refractivity contribution is 5.89. The molecule has 0 bridgehead atoms. The molecule has 0 saturated heterocycles. The van der Waals surface area contributed by atoms with E-state index in [1.54, 1.807) is 24.3 Å². The first kappa shape index (κ1) is 15.1. The number of carbonyl (C=O) groups excluding carboxylic acids is 2. The summed E-state index contributed by atoms with van der Waals surface area (Å²) in [5.41, 5.74) is 1.43. The van der Waals surface area contributed by atoms with Crippen molar-refractivity contribution in [1.82, 2.24) is 0 Å². The van der Waals surface area contributed by atoms with E-state index < -0.39 is 11.9 Å². The molecule has 23 heavy (non-hydrogen) atoms. The maximum atomic E-state index is 12.2. The Morgan fingerprint density at radius 3 is 2.57 bits per heavy atom. The number of para-hydroxylation sites is 1. The fourth-order valence-corrected chi connectivity index (χ4v) is 2.42. The van der Waals surface area contributed by atoms with Crippen LogP contribution in [0.25, 0.3) is 0 Å². The largest absolute Gasteiger partial charge is 0.489 e. The predicted molar refractivity (Wildman–Crippen MR) is 82.6 cm³/mol. The summed E-state index contributed by atoms with van der Waals surface area (Å²) in [4.78, 5) is 23.0. The third-order valence-electron chi connectivity index (χ3n) is 3.47. The first-order valence-electron chi connectivity index (χ1n) is 7.32. The minimum Gasteiger partial charge on any atom is -0.489 e. The fraction of sp³-hybridized carbons (Fsp3) is 0.222. The van der Waals surface area contributed by atoms with Crippen LogP contribution in [0.5, 0.6) is 11.5 Å². The molecule has 1 heterocycles. The van der Waals surface area contributed by atoms with Gasteiger partial charge in [-0.3, -0.25) is 4.79 Å². The molecule has 0 N–H and O–H groups in total. The Balaban J connectivity index is 1.62. The number of hydrogen-bond donors (Lipinski definition) is 0. The molecule has 2 aromatic carbocycles. The van der Waals surface area contributed by atoms with Crippen LogP contribution in [0.2, 0.25) is 0 Å². The van der Waals surface area contributed by atoms with Crippen LogP contribution < -0.4 is 9.47 Å². The summed E-state index contributed by atoms with van der Waals surface area (Å²) >= 11 is 0. The molecule has 1 aliphatic heterocycles. The van der Waals surface area contributed by atoms with Crippen LogP contribution in [0.1, 0.15) is 22.8 Å². The Morgan fingerprint density at radius 1 is 1.09 bits per heavy atom. The first-order valence-corrected chi connectivity index (χ1v) is 7.32. The summed E-state index contributed by atoms with van der Waals surface area (Å²) < 4.78 is 16.0. The van der Waals surface area contributed by atoms with Gasteiger partial charge in [-0.05, 0) is 35.9 Å². The highest BCUT2D eigenvalue weighted by Gasteiger charge is 2.23. The monoisotopic (exact) mass is 312 g/mol. The minimum absolute atomic E-state index is 0.314. The van der Waals surface area contributed by atoms with Crippen molar-refractivity contribution in [2.24, 2.45) is 0 Å². The zero-order valence-corrected chi connectivity index (χ0v) is 12.7. The number of esters is 2. The summed E-state index contributed by atoms with van der Waals surface area (Å²) in [6, 6.07) is 14.0. The van der Waals surface area contributed by atoms with E-state index in [4.69, 9.17) is 14.2 Å². The van der Waals surface area contributed by atoms with Crippen LogP contribution in [-0.4, -0.2) is 24.6 Å². The summed E-state index contributed by atoms with van der Waals surface area (Å²) in [5, 5.41) is 0. The first-order chi connectivity index (χ1) is 11.1. The van der Waals surface area contributed by atoms with Crippen molar-refractivity contribution in [2.75, 3.05) is 6.61 Å². The van der Waals surface area contributed by atoms with Crippen molar-refractivity contribution in [2.45, 2.75) is 19.4 Å². The molecule has 1 unspecified atom stereocenters. The van der Waals surface area contributed by atoms with Crippen LogP contribution in [0.4, 0.5) is 0 Å². The van der Waals surface area contributed by atoms with Crippen LogP contribution >= 0.6 is 0 Å². The molecule has 0 spiro atoms. The average Bonchev–Trinajstić information content (AvgIpc) is 2.55. The molecule has 1 aliphatic rings. The molecule has 5 nitrogen and oxygen atoms in total. The Hall–Kier alpha value is -2.82. The average molecular weight is 312 g/mol. The van der Waals surface area contributed by atoms with Gasteiger partial charge >= 0.3 is 11.9 Å². The summed E-state index contributed by atoms with van der Waals surface area (Å²) in [7, 11) is 0. The lowest BCUT2D eigenvalue weighted by atomic mass is 10.0. The van der Waals surface area contributed by atoms with Crippen molar-refractivity contribution >= 4 is 11.9 Å².